The normalized spacial score (nSPS) is 42.9. The molecule has 0 aromatic rings. The molecule has 0 aromatic carbocycles. The van der Waals surface area contributed by atoms with E-state index in [1.54, 1.807) is 0 Å². The van der Waals surface area contributed by atoms with E-state index in [9.17, 15) is 0 Å². The molecule has 4 aliphatic rings. The first kappa shape index (κ1) is 16.3. The Morgan fingerprint density at radius 3 is 2.83 bits per heavy atom. The molecule has 2 N–H and O–H groups in total. The Labute approximate surface area is 141 Å². The second-order valence-corrected chi connectivity index (χ2v) is 8.18. The molecule has 5 atom stereocenters. The average molecular weight is 322 g/mol. The van der Waals surface area contributed by atoms with Crippen molar-refractivity contribution in [2.75, 3.05) is 26.4 Å². The maximum atomic E-state index is 6.08. The van der Waals surface area contributed by atoms with Gasteiger partial charge in [0, 0.05) is 36.7 Å². The molecule has 4 fully saturated rings. The molecule has 1 heterocycles. The molecule has 1 spiro atoms. The quantitative estimate of drug-likeness (QED) is 0.816. The van der Waals surface area contributed by atoms with Gasteiger partial charge >= 0.3 is 0 Å². The van der Waals surface area contributed by atoms with E-state index < -0.39 is 0 Å². The van der Waals surface area contributed by atoms with Gasteiger partial charge in [0.2, 0.25) is 0 Å². The second-order valence-electron chi connectivity index (χ2n) is 8.18. The monoisotopic (exact) mass is 322 g/mol. The zero-order chi connectivity index (χ0) is 15.7. The van der Waals surface area contributed by atoms with Crippen LogP contribution in [0, 0.1) is 11.3 Å². The summed E-state index contributed by atoms with van der Waals surface area (Å²) >= 11 is 0. The Hall–Kier alpha value is -0.160. The topological polar surface area (TPSA) is 42.5 Å². The molecule has 1 saturated heterocycles. The Kier molecular flexibility index (Phi) is 4.96. The summed E-state index contributed by atoms with van der Waals surface area (Å²) in [7, 11) is 0. The van der Waals surface area contributed by atoms with E-state index in [0.29, 0.717) is 29.6 Å². The first-order chi connectivity index (χ1) is 11.3. The minimum atomic E-state index is 0.458. The van der Waals surface area contributed by atoms with Crippen molar-refractivity contribution in [2.24, 2.45) is 11.3 Å². The highest BCUT2D eigenvalue weighted by atomic mass is 16.5. The summed E-state index contributed by atoms with van der Waals surface area (Å²) < 4.78 is 11.8. The zero-order valence-corrected chi connectivity index (χ0v) is 14.7. The Bertz CT molecular complexity index is 391. The summed E-state index contributed by atoms with van der Waals surface area (Å²) in [4.78, 5) is 0. The highest BCUT2D eigenvalue weighted by Gasteiger charge is 2.57. The van der Waals surface area contributed by atoms with Crippen molar-refractivity contribution >= 4 is 0 Å². The Balaban J connectivity index is 1.39. The molecule has 4 heteroatoms. The van der Waals surface area contributed by atoms with E-state index >= 15 is 0 Å². The summed E-state index contributed by atoms with van der Waals surface area (Å²) in [5.74, 6) is 0.750. The third kappa shape index (κ3) is 2.97. The van der Waals surface area contributed by atoms with Crippen LogP contribution in [0.4, 0.5) is 0 Å². The van der Waals surface area contributed by atoms with E-state index in [1.807, 2.05) is 0 Å². The predicted molar refractivity (Wildman–Crippen MR) is 91.6 cm³/mol. The number of rotatable bonds is 5. The van der Waals surface area contributed by atoms with Crippen LogP contribution in [0.5, 0.6) is 0 Å². The van der Waals surface area contributed by atoms with Crippen LogP contribution in [-0.4, -0.2) is 50.6 Å². The van der Waals surface area contributed by atoms with E-state index in [0.717, 1.165) is 32.3 Å². The van der Waals surface area contributed by atoms with Gasteiger partial charge in [0.05, 0.1) is 19.3 Å². The van der Waals surface area contributed by atoms with Crippen molar-refractivity contribution < 1.29 is 9.47 Å². The lowest BCUT2D eigenvalue weighted by Crippen LogP contribution is -2.65. The number of hydrogen-bond acceptors (Lipinski definition) is 4. The van der Waals surface area contributed by atoms with Gasteiger partial charge in [-0.25, -0.2) is 0 Å². The molecule has 3 saturated carbocycles. The maximum absolute atomic E-state index is 6.08. The van der Waals surface area contributed by atoms with Crippen molar-refractivity contribution in [1.82, 2.24) is 10.6 Å². The van der Waals surface area contributed by atoms with Crippen molar-refractivity contribution in [3.05, 3.63) is 0 Å². The van der Waals surface area contributed by atoms with Crippen LogP contribution in [0.25, 0.3) is 0 Å². The van der Waals surface area contributed by atoms with E-state index in [4.69, 9.17) is 9.47 Å². The minimum Gasteiger partial charge on any atom is -0.379 e. The number of nitrogens with one attached hydrogen (secondary N) is 2. The molecule has 4 rings (SSSR count). The van der Waals surface area contributed by atoms with Crippen molar-refractivity contribution in [1.29, 1.82) is 0 Å². The van der Waals surface area contributed by atoms with Gasteiger partial charge in [0.1, 0.15) is 0 Å². The average Bonchev–Trinajstić information content (AvgIpc) is 3.25. The molecular weight excluding hydrogens is 288 g/mol. The third-order valence-corrected chi connectivity index (χ3v) is 7.14. The molecule has 23 heavy (non-hydrogen) atoms. The number of morpholine rings is 1. The Morgan fingerprint density at radius 2 is 2.09 bits per heavy atom. The first-order valence-electron chi connectivity index (χ1n) is 10.0. The van der Waals surface area contributed by atoms with Crippen molar-refractivity contribution in [2.45, 2.75) is 82.5 Å². The summed E-state index contributed by atoms with van der Waals surface area (Å²) in [5.41, 5.74) is 0.458. The molecule has 3 aliphatic carbocycles. The lowest BCUT2D eigenvalue weighted by molar-refractivity contribution is -0.134. The Morgan fingerprint density at radius 1 is 1.22 bits per heavy atom. The van der Waals surface area contributed by atoms with Crippen LogP contribution in [0.2, 0.25) is 0 Å². The largest absolute Gasteiger partial charge is 0.379 e. The van der Waals surface area contributed by atoms with E-state index in [2.05, 4.69) is 17.6 Å². The fourth-order valence-electron chi connectivity index (χ4n) is 5.92. The van der Waals surface area contributed by atoms with E-state index in [1.165, 1.54) is 51.4 Å². The fourth-order valence-corrected chi connectivity index (χ4v) is 5.92. The summed E-state index contributed by atoms with van der Waals surface area (Å²) in [6.45, 7) is 5.82. The molecule has 0 radical (unpaired) electrons. The summed E-state index contributed by atoms with van der Waals surface area (Å²) in [6, 6.07) is 1.93. The molecule has 4 nitrogen and oxygen atoms in total. The molecule has 132 valence electrons. The molecular formula is C19H34N2O2. The highest BCUT2D eigenvalue weighted by molar-refractivity contribution is 5.11. The maximum Gasteiger partial charge on any atom is 0.0661 e. The van der Waals surface area contributed by atoms with Gasteiger partial charge in [0.15, 0.2) is 0 Å². The van der Waals surface area contributed by atoms with Crippen LogP contribution < -0.4 is 10.6 Å². The van der Waals surface area contributed by atoms with Gasteiger partial charge in [-0.2, -0.15) is 0 Å². The SMILES string of the molecule is CCOC1CC(NC2CCCC2C2COCCN2)C12CCCC2. The summed E-state index contributed by atoms with van der Waals surface area (Å²) in [5, 5.41) is 7.81. The first-order valence-corrected chi connectivity index (χ1v) is 10.0. The van der Waals surface area contributed by atoms with Crippen LogP contribution >= 0.6 is 0 Å². The van der Waals surface area contributed by atoms with Crippen LogP contribution in [-0.2, 0) is 9.47 Å². The molecule has 0 aromatic heterocycles. The standard InChI is InChI=1S/C19H34N2O2/c1-2-23-18-12-17(19(18)8-3-4-9-19)21-15-7-5-6-14(15)16-13-22-11-10-20-16/h14-18,20-21H,2-13H2,1H3. The molecule has 1 aliphatic heterocycles. The zero-order valence-electron chi connectivity index (χ0n) is 14.7. The van der Waals surface area contributed by atoms with Gasteiger partial charge in [0.25, 0.3) is 0 Å². The summed E-state index contributed by atoms with van der Waals surface area (Å²) in [6.07, 6.45) is 11.4. The number of hydrogen-bond donors (Lipinski definition) is 2. The van der Waals surface area contributed by atoms with Crippen LogP contribution in [0.15, 0.2) is 0 Å². The lowest BCUT2D eigenvalue weighted by Gasteiger charge is -2.55. The van der Waals surface area contributed by atoms with E-state index in [-0.39, 0.29) is 0 Å². The van der Waals surface area contributed by atoms with Gasteiger partial charge in [-0.3, -0.25) is 0 Å². The third-order valence-electron chi connectivity index (χ3n) is 7.14. The predicted octanol–water partition coefficient (Wildman–Crippen LogP) is 2.47. The molecule has 0 amide bonds. The molecule has 0 bridgehead atoms. The number of ether oxygens (including phenoxy) is 2. The van der Waals surface area contributed by atoms with Gasteiger partial charge < -0.3 is 20.1 Å². The van der Waals surface area contributed by atoms with Crippen LogP contribution in [0.3, 0.4) is 0 Å². The molecule has 5 unspecified atom stereocenters. The fraction of sp³-hybridized carbons (Fsp3) is 1.00. The second kappa shape index (κ2) is 6.99. The van der Waals surface area contributed by atoms with Crippen LogP contribution in [0.1, 0.15) is 58.3 Å². The minimum absolute atomic E-state index is 0.458. The smallest absolute Gasteiger partial charge is 0.0661 e. The highest BCUT2D eigenvalue weighted by Crippen LogP contribution is 2.55. The lowest BCUT2D eigenvalue weighted by atomic mass is 9.60. The van der Waals surface area contributed by atoms with Gasteiger partial charge in [-0.1, -0.05) is 19.3 Å². The van der Waals surface area contributed by atoms with Gasteiger partial charge in [-0.05, 0) is 44.9 Å². The van der Waals surface area contributed by atoms with Crippen molar-refractivity contribution in [3.8, 4) is 0 Å². The van der Waals surface area contributed by atoms with Crippen molar-refractivity contribution in [3.63, 3.8) is 0 Å². The van der Waals surface area contributed by atoms with Gasteiger partial charge in [-0.15, -0.1) is 0 Å².